The molecule has 0 fully saturated rings. The highest BCUT2D eigenvalue weighted by Crippen LogP contribution is 2.33. The predicted octanol–water partition coefficient (Wildman–Crippen LogP) is 4.49. The summed E-state index contributed by atoms with van der Waals surface area (Å²) in [6, 6.07) is 13.1. The van der Waals surface area contributed by atoms with Gasteiger partial charge >= 0.3 is 0 Å². The Morgan fingerprint density at radius 3 is 2.55 bits per heavy atom. The third-order valence-electron chi connectivity index (χ3n) is 2.66. The van der Waals surface area contributed by atoms with E-state index in [2.05, 4.69) is 12.1 Å². The summed E-state index contributed by atoms with van der Waals surface area (Å²) in [5, 5.41) is 0. The molecule has 20 heavy (non-hydrogen) atoms. The van der Waals surface area contributed by atoms with E-state index in [9.17, 15) is 4.39 Å². The van der Waals surface area contributed by atoms with Crippen molar-refractivity contribution in [3.63, 3.8) is 0 Å². The number of anilines is 1. The van der Waals surface area contributed by atoms with E-state index < -0.39 is 5.82 Å². The second-order valence-corrected chi connectivity index (χ2v) is 5.78. The van der Waals surface area contributed by atoms with Crippen molar-refractivity contribution in [2.24, 2.45) is 0 Å². The molecule has 0 bridgehead atoms. The van der Waals surface area contributed by atoms with Crippen molar-refractivity contribution in [3.05, 3.63) is 53.8 Å². The molecule has 0 aromatic heterocycles. The van der Waals surface area contributed by atoms with Crippen molar-refractivity contribution in [1.29, 1.82) is 0 Å². The van der Waals surface area contributed by atoms with Gasteiger partial charge in [0.05, 0.1) is 6.10 Å². The molecule has 2 nitrogen and oxygen atoms in total. The maximum absolute atomic E-state index is 13.7. The quantitative estimate of drug-likeness (QED) is 0.651. The minimum absolute atomic E-state index is 0.0694. The first-order chi connectivity index (χ1) is 9.56. The van der Waals surface area contributed by atoms with Gasteiger partial charge < -0.3 is 10.5 Å². The van der Waals surface area contributed by atoms with E-state index in [1.807, 2.05) is 32.0 Å². The summed E-state index contributed by atoms with van der Waals surface area (Å²) in [5.41, 5.74) is 7.51. The Bertz CT molecular complexity index is 572. The monoisotopic (exact) mass is 291 g/mol. The zero-order valence-corrected chi connectivity index (χ0v) is 12.4. The lowest BCUT2D eigenvalue weighted by atomic mass is 10.2. The van der Waals surface area contributed by atoms with Crippen molar-refractivity contribution in [3.8, 4) is 5.75 Å². The first-order valence-electron chi connectivity index (χ1n) is 6.48. The predicted molar refractivity (Wildman–Crippen MR) is 82.6 cm³/mol. The minimum Gasteiger partial charge on any atom is -0.488 e. The molecule has 106 valence electrons. The van der Waals surface area contributed by atoms with Gasteiger partial charge in [-0.15, -0.1) is 11.8 Å². The molecule has 0 amide bonds. The fraction of sp³-hybridized carbons (Fsp3) is 0.250. The number of hydrogen-bond donors (Lipinski definition) is 1. The van der Waals surface area contributed by atoms with Crippen LogP contribution in [0.1, 0.15) is 19.4 Å². The summed E-state index contributed by atoms with van der Waals surface area (Å²) in [4.78, 5) is 0.839. The van der Waals surface area contributed by atoms with Crippen molar-refractivity contribution in [2.75, 3.05) is 5.73 Å². The Morgan fingerprint density at radius 2 is 1.90 bits per heavy atom. The van der Waals surface area contributed by atoms with Gasteiger partial charge in [-0.05, 0) is 25.5 Å². The van der Waals surface area contributed by atoms with Crippen LogP contribution in [0, 0.1) is 5.82 Å². The standard InChI is InChI=1S/C16H18FNOS/c1-11(2)19-15-9-16(14(18)8-13(15)17)20-10-12-6-4-3-5-7-12/h3-9,11H,10,18H2,1-2H3. The van der Waals surface area contributed by atoms with Crippen LogP contribution >= 0.6 is 11.8 Å². The lowest BCUT2D eigenvalue weighted by molar-refractivity contribution is 0.230. The van der Waals surface area contributed by atoms with E-state index >= 15 is 0 Å². The molecule has 2 rings (SSSR count). The van der Waals surface area contributed by atoms with E-state index in [0.717, 1.165) is 10.6 Å². The molecule has 0 saturated heterocycles. The number of ether oxygens (including phenoxy) is 1. The van der Waals surface area contributed by atoms with Crippen molar-refractivity contribution in [1.82, 2.24) is 0 Å². The molecule has 2 N–H and O–H groups in total. The van der Waals surface area contributed by atoms with Gasteiger partial charge in [-0.3, -0.25) is 0 Å². The molecule has 2 aromatic rings. The zero-order valence-electron chi connectivity index (χ0n) is 11.6. The van der Waals surface area contributed by atoms with Crippen LogP contribution in [-0.4, -0.2) is 6.10 Å². The molecule has 0 unspecified atom stereocenters. The number of halogens is 1. The molecular formula is C16H18FNOS. The van der Waals surface area contributed by atoms with E-state index in [1.165, 1.54) is 11.6 Å². The van der Waals surface area contributed by atoms with Gasteiger partial charge in [-0.1, -0.05) is 30.3 Å². The Kier molecular flexibility index (Phi) is 4.90. The Morgan fingerprint density at radius 1 is 1.20 bits per heavy atom. The summed E-state index contributed by atoms with van der Waals surface area (Å²) in [6.45, 7) is 3.74. The average Bonchev–Trinajstić information content (AvgIpc) is 2.41. The average molecular weight is 291 g/mol. The van der Waals surface area contributed by atoms with Gasteiger partial charge in [0, 0.05) is 22.4 Å². The zero-order chi connectivity index (χ0) is 14.5. The van der Waals surface area contributed by atoms with Crippen LogP contribution in [0.25, 0.3) is 0 Å². The summed E-state index contributed by atoms with van der Waals surface area (Å²) < 4.78 is 19.2. The second kappa shape index (κ2) is 6.66. The number of rotatable bonds is 5. The minimum atomic E-state index is -0.416. The second-order valence-electron chi connectivity index (χ2n) is 4.76. The van der Waals surface area contributed by atoms with Crippen molar-refractivity contribution >= 4 is 17.4 Å². The largest absolute Gasteiger partial charge is 0.488 e. The van der Waals surface area contributed by atoms with Gasteiger partial charge in [0.2, 0.25) is 0 Å². The smallest absolute Gasteiger partial charge is 0.167 e. The first-order valence-corrected chi connectivity index (χ1v) is 7.47. The van der Waals surface area contributed by atoms with E-state index in [-0.39, 0.29) is 11.9 Å². The SMILES string of the molecule is CC(C)Oc1cc(SCc2ccccc2)c(N)cc1F. The van der Waals surface area contributed by atoms with Gasteiger partial charge in [0.25, 0.3) is 0 Å². The van der Waals surface area contributed by atoms with Crippen LogP contribution in [0.4, 0.5) is 10.1 Å². The highest BCUT2D eigenvalue weighted by atomic mass is 32.2. The maximum Gasteiger partial charge on any atom is 0.167 e. The Labute approximate surface area is 123 Å². The van der Waals surface area contributed by atoms with E-state index in [4.69, 9.17) is 10.5 Å². The molecular weight excluding hydrogens is 273 g/mol. The molecule has 2 aromatic carbocycles. The molecule has 0 atom stereocenters. The number of nitrogen functional groups attached to an aromatic ring is 1. The summed E-state index contributed by atoms with van der Waals surface area (Å²) in [5.74, 6) is 0.627. The fourth-order valence-corrected chi connectivity index (χ4v) is 2.69. The number of thioether (sulfide) groups is 1. The Hall–Kier alpha value is -1.68. The highest BCUT2D eigenvalue weighted by Gasteiger charge is 2.11. The van der Waals surface area contributed by atoms with E-state index in [1.54, 1.807) is 17.8 Å². The van der Waals surface area contributed by atoms with Gasteiger partial charge in [-0.25, -0.2) is 4.39 Å². The maximum atomic E-state index is 13.7. The number of nitrogens with two attached hydrogens (primary N) is 1. The molecule has 0 saturated carbocycles. The van der Waals surface area contributed by atoms with Gasteiger partial charge in [0.15, 0.2) is 11.6 Å². The molecule has 0 aliphatic carbocycles. The van der Waals surface area contributed by atoms with Crippen LogP contribution in [0.3, 0.4) is 0 Å². The van der Waals surface area contributed by atoms with Crippen LogP contribution in [0.5, 0.6) is 5.75 Å². The normalized spacial score (nSPS) is 10.8. The third kappa shape index (κ3) is 3.90. The molecule has 0 heterocycles. The first kappa shape index (κ1) is 14.7. The lowest BCUT2D eigenvalue weighted by Gasteiger charge is -2.13. The number of benzene rings is 2. The molecule has 0 aliphatic heterocycles. The van der Waals surface area contributed by atoms with Crippen LogP contribution < -0.4 is 10.5 Å². The number of hydrogen-bond acceptors (Lipinski definition) is 3. The summed E-state index contributed by atoms with van der Waals surface area (Å²) >= 11 is 1.58. The molecule has 0 aliphatic rings. The van der Waals surface area contributed by atoms with E-state index in [0.29, 0.717) is 5.69 Å². The fourth-order valence-electron chi connectivity index (χ4n) is 1.75. The van der Waals surface area contributed by atoms with Crippen LogP contribution in [0.15, 0.2) is 47.4 Å². The van der Waals surface area contributed by atoms with Crippen molar-refractivity contribution in [2.45, 2.75) is 30.6 Å². The third-order valence-corrected chi connectivity index (χ3v) is 3.81. The van der Waals surface area contributed by atoms with Crippen LogP contribution in [-0.2, 0) is 5.75 Å². The molecule has 0 spiro atoms. The topological polar surface area (TPSA) is 35.2 Å². The Balaban J connectivity index is 2.14. The summed E-state index contributed by atoms with van der Waals surface area (Å²) in [7, 11) is 0. The van der Waals surface area contributed by atoms with Gasteiger partial charge in [0.1, 0.15) is 0 Å². The van der Waals surface area contributed by atoms with Crippen LogP contribution in [0.2, 0.25) is 0 Å². The van der Waals surface area contributed by atoms with Crippen molar-refractivity contribution < 1.29 is 9.13 Å². The lowest BCUT2D eigenvalue weighted by Crippen LogP contribution is -2.07. The highest BCUT2D eigenvalue weighted by molar-refractivity contribution is 7.98. The van der Waals surface area contributed by atoms with Gasteiger partial charge in [-0.2, -0.15) is 0 Å². The molecule has 0 radical (unpaired) electrons. The summed E-state index contributed by atoms with van der Waals surface area (Å²) in [6.07, 6.45) is -0.0694. The molecule has 4 heteroatoms.